The monoisotopic (exact) mass is 577 g/mol. The van der Waals surface area contributed by atoms with Crippen LogP contribution < -0.4 is 21.1 Å². The first kappa shape index (κ1) is 31.1. The van der Waals surface area contributed by atoms with E-state index in [0.717, 1.165) is 54.3 Å². The van der Waals surface area contributed by atoms with Crippen LogP contribution in [-0.2, 0) is 9.53 Å². The number of nitrogens with zero attached hydrogens (tertiary/aromatic N) is 2. The maximum absolute atomic E-state index is 12.5. The number of hydrogen-bond acceptors (Lipinski definition) is 8. The largest absolute Gasteiger partial charge is 0.497 e. The molecule has 4 rings (SSSR count). The van der Waals surface area contributed by atoms with Crippen LogP contribution in [0.5, 0.6) is 5.75 Å². The molecule has 1 amide bonds. The maximum Gasteiger partial charge on any atom is 0.305 e. The van der Waals surface area contributed by atoms with Crippen LogP contribution in [-0.4, -0.2) is 80.6 Å². The lowest BCUT2D eigenvalue weighted by molar-refractivity contribution is -0.136. The standard InChI is InChI=1S/C32H43N5O5/c1-41-27-13-11-25(12-14-27)35-21-28(29(33)22-37-17-19-42-20-18-37)31(23-5-3-2-4-6-23)36-26-9-7-24(8-10-26)32(40)34-16-15-30(38)39/h7-14,21,23,31,36H,2-6,15-20,22,33H2,1H3,(H,34,40)(H,38,39). The minimum atomic E-state index is -0.948. The lowest BCUT2D eigenvalue weighted by Gasteiger charge is -2.34. The van der Waals surface area contributed by atoms with E-state index in [1.165, 1.54) is 19.3 Å². The lowest BCUT2D eigenvalue weighted by Crippen LogP contribution is -2.41. The third kappa shape index (κ3) is 9.32. The molecule has 1 saturated carbocycles. The number of methoxy groups -OCH3 is 1. The van der Waals surface area contributed by atoms with Crippen molar-refractivity contribution in [1.29, 1.82) is 0 Å². The predicted molar refractivity (Wildman–Crippen MR) is 165 cm³/mol. The first-order valence-electron chi connectivity index (χ1n) is 14.8. The number of aliphatic imine (C=N–C) groups is 1. The molecule has 226 valence electrons. The number of carboxylic acid groups (broad SMARTS) is 1. The average Bonchev–Trinajstić information content (AvgIpc) is 3.02. The van der Waals surface area contributed by atoms with Crippen molar-refractivity contribution in [2.75, 3.05) is 51.8 Å². The maximum atomic E-state index is 12.5. The Morgan fingerprint density at radius 3 is 2.43 bits per heavy atom. The second kappa shape index (κ2) is 15.9. The van der Waals surface area contributed by atoms with E-state index in [4.69, 9.17) is 25.3 Å². The lowest BCUT2D eigenvalue weighted by atomic mass is 9.80. The Balaban J connectivity index is 1.60. The zero-order chi connectivity index (χ0) is 29.7. The molecule has 1 unspecified atom stereocenters. The van der Waals surface area contributed by atoms with Gasteiger partial charge in [-0.25, -0.2) is 0 Å². The summed E-state index contributed by atoms with van der Waals surface area (Å²) >= 11 is 0. The molecule has 2 aliphatic rings. The smallest absolute Gasteiger partial charge is 0.305 e. The fourth-order valence-electron chi connectivity index (χ4n) is 5.47. The second-order valence-corrected chi connectivity index (χ2v) is 10.8. The molecule has 0 bridgehead atoms. The van der Waals surface area contributed by atoms with Gasteiger partial charge in [0.2, 0.25) is 0 Å². The molecule has 0 spiro atoms. The van der Waals surface area contributed by atoms with Gasteiger partial charge in [0, 0.05) is 54.9 Å². The summed E-state index contributed by atoms with van der Waals surface area (Å²) in [7, 11) is 1.64. The normalized spacial score (nSPS) is 17.8. The van der Waals surface area contributed by atoms with Crippen molar-refractivity contribution in [2.24, 2.45) is 16.6 Å². The van der Waals surface area contributed by atoms with Gasteiger partial charge in [-0.3, -0.25) is 19.5 Å². The number of aliphatic carboxylic acids is 1. The summed E-state index contributed by atoms with van der Waals surface area (Å²) in [4.78, 5) is 30.4. The number of nitrogens with two attached hydrogens (primary N) is 1. The summed E-state index contributed by atoms with van der Waals surface area (Å²) in [6, 6.07) is 14.8. The zero-order valence-electron chi connectivity index (χ0n) is 24.4. The van der Waals surface area contributed by atoms with E-state index in [2.05, 4.69) is 15.5 Å². The average molecular weight is 578 g/mol. The van der Waals surface area contributed by atoms with Gasteiger partial charge >= 0.3 is 5.97 Å². The van der Waals surface area contributed by atoms with Crippen LogP contribution in [0.1, 0.15) is 48.9 Å². The van der Waals surface area contributed by atoms with Crippen LogP contribution in [0.2, 0.25) is 0 Å². The van der Waals surface area contributed by atoms with Crippen molar-refractivity contribution in [3.63, 3.8) is 0 Å². The highest BCUT2D eigenvalue weighted by molar-refractivity contribution is 5.94. The van der Waals surface area contributed by atoms with E-state index in [9.17, 15) is 9.59 Å². The molecule has 10 heteroatoms. The van der Waals surface area contributed by atoms with Gasteiger partial charge in [0.05, 0.1) is 38.5 Å². The molecule has 5 N–H and O–H groups in total. The quantitative estimate of drug-likeness (QED) is 0.260. The van der Waals surface area contributed by atoms with Crippen molar-refractivity contribution in [3.8, 4) is 5.75 Å². The number of ether oxygens (including phenoxy) is 2. The molecule has 42 heavy (non-hydrogen) atoms. The molecule has 0 aromatic heterocycles. The molecule has 1 aliphatic heterocycles. The van der Waals surface area contributed by atoms with Crippen LogP contribution in [0.15, 0.2) is 64.8 Å². The molecule has 1 heterocycles. The second-order valence-electron chi connectivity index (χ2n) is 10.8. The Morgan fingerprint density at radius 2 is 1.79 bits per heavy atom. The van der Waals surface area contributed by atoms with Gasteiger partial charge in [0.1, 0.15) is 5.75 Å². The molecular weight excluding hydrogens is 534 g/mol. The van der Waals surface area contributed by atoms with Crippen molar-refractivity contribution in [2.45, 2.75) is 44.6 Å². The van der Waals surface area contributed by atoms with Gasteiger partial charge in [-0.2, -0.15) is 0 Å². The van der Waals surface area contributed by atoms with Crippen LogP contribution in [0, 0.1) is 5.92 Å². The molecule has 1 saturated heterocycles. The minimum Gasteiger partial charge on any atom is -0.497 e. The molecule has 2 fully saturated rings. The number of carbonyl (C=O) groups is 2. The van der Waals surface area contributed by atoms with E-state index in [-0.39, 0.29) is 24.9 Å². The van der Waals surface area contributed by atoms with Crippen molar-refractivity contribution in [3.05, 3.63) is 65.4 Å². The molecule has 2 aromatic carbocycles. The molecule has 0 radical (unpaired) electrons. The number of carboxylic acids is 1. The van der Waals surface area contributed by atoms with Crippen molar-refractivity contribution in [1.82, 2.24) is 10.2 Å². The number of nitrogens with one attached hydrogen (secondary N) is 2. The van der Waals surface area contributed by atoms with Gasteiger partial charge in [0.15, 0.2) is 0 Å². The Bertz CT molecular complexity index is 1220. The van der Waals surface area contributed by atoms with Crippen LogP contribution in [0.4, 0.5) is 11.4 Å². The first-order chi connectivity index (χ1) is 20.4. The van der Waals surface area contributed by atoms with Crippen molar-refractivity contribution < 1.29 is 24.2 Å². The molecule has 2 aromatic rings. The number of hydrogen-bond donors (Lipinski definition) is 4. The van der Waals surface area contributed by atoms with Gasteiger partial charge in [-0.05, 0) is 67.3 Å². The molecule has 1 aliphatic carbocycles. The number of morpholine rings is 1. The highest BCUT2D eigenvalue weighted by Crippen LogP contribution is 2.32. The summed E-state index contributed by atoms with van der Waals surface area (Å²) in [5.41, 5.74) is 10.8. The Morgan fingerprint density at radius 1 is 1.10 bits per heavy atom. The van der Waals surface area contributed by atoms with Crippen LogP contribution in [0.3, 0.4) is 0 Å². The summed E-state index contributed by atoms with van der Waals surface area (Å²) in [5.74, 6) is -0.0971. The van der Waals surface area contributed by atoms with Gasteiger partial charge in [0.25, 0.3) is 5.91 Å². The Hall–Kier alpha value is -3.89. The number of benzene rings is 2. The fourth-order valence-corrected chi connectivity index (χ4v) is 5.47. The van der Waals surface area contributed by atoms with Crippen LogP contribution in [0.25, 0.3) is 0 Å². The Kier molecular flexibility index (Phi) is 11.8. The highest BCUT2D eigenvalue weighted by atomic mass is 16.5. The third-order valence-corrected chi connectivity index (χ3v) is 7.84. The molecular formula is C32H43N5O5. The van der Waals surface area contributed by atoms with Crippen molar-refractivity contribution >= 4 is 29.5 Å². The summed E-state index contributed by atoms with van der Waals surface area (Å²) in [6.45, 7) is 3.78. The van der Waals surface area contributed by atoms with Crippen LogP contribution >= 0.6 is 0 Å². The third-order valence-electron chi connectivity index (χ3n) is 7.84. The summed E-state index contributed by atoms with van der Waals surface area (Å²) in [5, 5.41) is 15.2. The zero-order valence-corrected chi connectivity index (χ0v) is 24.4. The fraction of sp³-hybridized carbons (Fsp3) is 0.469. The van der Waals surface area contributed by atoms with E-state index in [0.29, 0.717) is 31.2 Å². The molecule has 10 nitrogen and oxygen atoms in total. The van der Waals surface area contributed by atoms with E-state index < -0.39 is 5.97 Å². The minimum absolute atomic E-state index is 0.0661. The van der Waals surface area contributed by atoms with Gasteiger partial charge < -0.3 is 30.9 Å². The predicted octanol–water partition coefficient (Wildman–Crippen LogP) is 4.21. The molecule has 1 atom stereocenters. The SMILES string of the molecule is COc1ccc(N=CC(=C(N)CN2CCOCC2)C(Nc2ccc(C(=O)NCCC(=O)O)cc2)C2CCCCC2)cc1. The van der Waals surface area contributed by atoms with Gasteiger partial charge in [-0.1, -0.05) is 19.3 Å². The van der Waals surface area contributed by atoms with E-state index in [1.54, 1.807) is 19.2 Å². The highest BCUT2D eigenvalue weighted by Gasteiger charge is 2.28. The first-order valence-corrected chi connectivity index (χ1v) is 14.8. The number of rotatable bonds is 13. The van der Waals surface area contributed by atoms with E-state index >= 15 is 0 Å². The number of anilines is 1. The Labute approximate surface area is 248 Å². The van der Waals surface area contributed by atoms with Gasteiger partial charge in [-0.15, -0.1) is 0 Å². The topological polar surface area (TPSA) is 139 Å². The number of carbonyl (C=O) groups excluding carboxylic acids is 1. The van der Waals surface area contributed by atoms with E-state index in [1.807, 2.05) is 42.6 Å². The summed E-state index contributed by atoms with van der Waals surface area (Å²) in [6.07, 6.45) is 7.55. The number of amides is 1. The summed E-state index contributed by atoms with van der Waals surface area (Å²) < 4.78 is 10.8.